The Labute approximate surface area is 186 Å². The van der Waals surface area contributed by atoms with E-state index in [1.165, 1.54) is 24.3 Å². The number of nitrogens with one attached hydrogen (secondary N) is 1. The van der Waals surface area contributed by atoms with E-state index in [4.69, 9.17) is 15.6 Å². The smallest absolute Gasteiger partial charge is 0.247 e. The monoisotopic (exact) mass is 453 g/mol. The van der Waals surface area contributed by atoms with Crippen LogP contribution in [-0.4, -0.2) is 26.1 Å². The molecule has 0 saturated carbocycles. The maximum absolute atomic E-state index is 12.1. The number of aromatic hydroxyl groups is 1. The zero-order chi connectivity index (χ0) is 23.3. The summed E-state index contributed by atoms with van der Waals surface area (Å²) >= 11 is 0. The zero-order valence-electron chi connectivity index (χ0n) is 17.3. The Morgan fingerprint density at radius 2 is 1.66 bits per heavy atom. The van der Waals surface area contributed by atoms with Gasteiger partial charge < -0.3 is 20.9 Å². The molecule has 0 heterocycles. The lowest BCUT2D eigenvalue weighted by atomic mass is 9.97. The van der Waals surface area contributed by atoms with Gasteiger partial charge in [0.2, 0.25) is 15.9 Å². The van der Waals surface area contributed by atoms with E-state index in [0.717, 1.165) is 16.7 Å². The summed E-state index contributed by atoms with van der Waals surface area (Å²) < 4.78 is 28.7. The lowest BCUT2D eigenvalue weighted by Gasteiger charge is -2.12. The third kappa shape index (κ3) is 5.73. The predicted molar refractivity (Wildman–Crippen MR) is 122 cm³/mol. The van der Waals surface area contributed by atoms with E-state index in [1.54, 1.807) is 55.5 Å². The molecule has 0 aliphatic heterocycles. The number of nitrogens with two attached hydrogens (primary N) is 2. The number of amides is 1. The van der Waals surface area contributed by atoms with E-state index < -0.39 is 10.0 Å². The second-order valence-corrected chi connectivity index (χ2v) is 8.51. The fourth-order valence-corrected chi connectivity index (χ4v) is 3.50. The number of rotatable bonds is 7. The predicted octanol–water partition coefficient (Wildman–Crippen LogP) is 2.93. The minimum absolute atomic E-state index is 0.0126. The summed E-state index contributed by atoms with van der Waals surface area (Å²) in [7, 11) is -3.79. The lowest BCUT2D eigenvalue weighted by Crippen LogP contribution is -2.29. The number of phenols is 1. The molecule has 32 heavy (non-hydrogen) atoms. The summed E-state index contributed by atoms with van der Waals surface area (Å²) in [5.41, 5.74) is 8.19. The first-order chi connectivity index (χ1) is 15.2. The molecule has 0 bridgehead atoms. The van der Waals surface area contributed by atoms with Crippen LogP contribution >= 0.6 is 0 Å². The molecule has 6 N–H and O–H groups in total. The maximum atomic E-state index is 12.1. The van der Waals surface area contributed by atoms with Gasteiger partial charge in [0, 0.05) is 5.57 Å². The lowest BCUT2D eigenvalue weighted by molar-refractivity contribution is -0.117. The maximum Gasteiger partial charge on any atom is 0.247 e. The summed E-state index contributed by atoms with van der Waals surface area (Å²) in [6, 6.07) is 17.7. The number of carbonyl (C=O) groups is 1. The second kappa shape index (κ2) is 9.65. The van der Waals surface area contributed by atoms with Crippen molar-refractivity contribution in [1.82, 2.24) is 5.32 Å². The third-order valence-corrected chi connectivity index (χ3v) is 5.51. The summed E-state index contributed by atoms with van der Waals surface area (Å²) in [6.45, 7) is 1.72. The van der Waals surface area contributed by atoms with Crippen molar-refractivity contribution in [3.05, 3.63) is 77.9 Å². The van der Waals surface area contributed by atoms with E-state index in [0.29, 0.717) is 17.1 Å². The molecule has 3 aromatic carbocycles. The molecule has 0 unspecified atom stereocenters. The number of primary sulfonamides is 1. The fraction of sp³-hybridized carbons (Fsp3) is 0.0870. The number of sulfonamides is 1. The van der Waals surface area contributed by atoms with E-state index in [1.807, 2.05) is 0 Å². The number of ether oxygens (including phenoxy) is 1. The molecule has 3 aromatic rings. The van der Waals surface area contributed by atoms with Crippen LogP contribution in [0.3, 0.4) is 0 Å². The number of hydrogen-bond acceptors (Lipinski definition) is 6. The Balaban J connectivity index is 1.99. The van der Waals surface area contributed by atoms with E-state index >= 15 is 0 Å². The molecule has 0 atom stereocenters. The van der Waals surface area contributed by atoms with E-state index in [2.05, 4.69) is 5.32 Å². The van der Waals surface area contributed by atoms with Gasteiger partial charge in [-0.1, -0.05) is 18.2 Å². The minimum atomic E-state index is -3.79. The fourth-order valence-electron chi connectivity index (χ4n) is 2.98. The van der Waals surface area contributed by atoms with Crippen molar-refractivity contribution >= 4 is 22.0 Å². The van der Waals surface area contributed by atoms with Gasteiger partial charge in [0.1, 0.15) is 17.2 Å². The normalized spacial score (nSPS) is 11.8. The van der Waals surface area contributed by atoms with Crippen molar-refractivity contribution in [2.75, 3.05) is 6.67 Å². The van der Waals surface area contributed by atoms with Gasteiger partial charge in [0.05, 0.1) is 11.6 Å². The highest BCUT2D eigenvalue weighted by molar-refractivity contribution is 7.89. The standard InChI is InChI=1S/C23H23N3O5S/c1-15(23(28)26-14-24)12-17-4-7-20(13-22(17)16-2-5-18(27)6-3-16)31-19-8-10-21(11-9-19)32(25,29)30/h2-13,27H,14,24H2,1H3,(H,26,28)(H2,25,29,30)/b15-12+. The van der Waals surface area contributed by atoms with Crippen LogP contribution in [0.25, 0.3) is 17.2 Å². The molecule has 0 radical (unpaired) electrons. The molecule has 8 nitrogen and oxygen atoms in total. The summed E-state index contributed by atoms with van der Waals surface area (Å²) in [6.07, 6.45) is 1.73. The van der Waals surface area contributed by atoms with Crippen molar-refractivity contribution in [3.8, 4) is 28.4 Å². The van der Waals surface area contributed by atoms with Crippen LogP contribution in [0.1, 0.15) is 12.5 Å². The summed E-state index contributed by atoms with van der Waals surface area (Å²) in [5.74, 6) is 0.777. The number of carbonyl (C=O) groups excluding carboxylic acids is 1. The van der Waals surface area contributed by atoms with Crippen molar-refractivity contribution in [1.29, 1.82) is 0 Å². The Morgan fingerprint density at radius 1 is 1.03 bits per heavy atom. The Bertz CT molecular complexity index is 1250. The van der Waals surface area contributed by atoms with Crippen molar-refractivity contribution in [2.24, 2.45) is 10.9 Å². The Kier molecular flexibility index (Phi) is 6.94. The molecular weight excluding hydrogens is 430 g/mol. The third-order valence-electron chi connectivity index (χ3n) is 4.58. The van der Waals surface area contributed by atoms with Crippen LogP contribution in [0, 0.1) is 0 Å². The first kappa shape index (κ1) is 23.0. The van der Waals surface area contributed by atoms with Gasteiger partial charge in [0.25, 0.3) is 0 Å². The van der Waals surface area contributed by atoms with Crippen molar-refractivity contribution < 1.29 is 23.1 Å². The number of benzene rings is 3. The molecule has 0 aliphatic carbocycles. The van der Waals surface area contributed by atoms with Gasteiger partial charge in [-0.25, -0.2) is 13.6 Å². The quantitative estimate of drug-likeness (QED) is 0.320. The largest absolute Gasteiger partial charge is 0.508 e. The molecule has 0 saturated heterocycles. The van der Waals surface area contributed by atoms with Crippen molar-refractivity contribution in [3.63, 3.8) is 0 Å². The first-order valence-corrected chi connectivity index (χ1v) is 11.1. The first-order valence-electron chi connectivity index (χ1n) is 9.58. The van der Waals surface area contributed by atoms with Crippen LogP contribution in [0.5, 0.6) is 17.2 Å². The van der Waals surface area contributed by atoms with Gasteiger partial charge in [-0.2, -0.15) is 0 Å². The Morgan fingerprint density at radius 3 is 2.25 bits per heavy atom. The zero-order valence-corrected chi connectivity index (χ0v) is 18.1. The van der Waals surface area contributed by atoms with Gasteiger partial charge in [0.15, 0.2) is 0 Å². The van der Waals surface area contributed by atoms with Crippen LogP contribution in [0.2, 0.25) is 0 Å². The van der Waals surface area contributed by atoms with E-state index in [-0.39, 0.29) is 23.2 Å². The molecule has 1 amide bonds. The van der Waals surface area contributed by atoms with Crippen LogP contribution in [0.4, 0.5) is 0 Å². The number of hydrogen-bond donors (Lipinski definition) is 4. The Hall–Kier alpha value is -3.66. The minimum Gasteiger partial charge on any atom is -0.508 e. The molecular formula is C23H23N3O5S. The van der Waals surface area contributed by atoms with Crippen LogP contribution < -0.4 is 20.9 Å². The molecule has 0 fully saturated rings. The average Bonchev–Trinajstić information content (AvgIpc) is 2.75. The van der Waals surface area contributed by atoms with Gasteiger partial charge in [-0.15, -0.1) is 0 Å². The summed E-state index contributed by atoms with van der Waals surface area (Å²) in [4.78, 5) is 12.1. The summed E-state index contributed by atoms with van der Waals surface area (Å²) in [5, 5.41) is 17.3. The van der Waals surface area contributed by atoms with Gasteiger partial charge >= 0.3 is 0 Å². The van der Waals surface area contributed by atoms with Crippen LogP contribution in [0.15, 0.2) is 77.2 Å². The second-order valence-electron chi connectivity index (χ2n) is 6.95. The van der Waals surface area contributed by atoms with Gasteiger partial charge in [-0.05, 0) is 78.2 Å². The highest BCUT2D eigenvalue weighted by Crippen LogP contribution is 2.33. The molecule has 0 aliphatic rings. The average molecular weight is 454 g/mol. The van der Waals surface area contributed by atoms with Crippen LogP contribution in [-0.2, 0) is 14.8 Å². The molecule has 3 rings (SSSR count). The highest BCUT2D eigenvalue weighted by atomic mass is 32.2. The molecule has 166 valence electrons. The number of phenolic OH excluding ortho intramolecular Hbond substituents is 1. The SMILES string of the molecule is C/C(=C\c1ccc(Oc2ccc(S(N)(=O)=O)cc2)cc1-c1ccc(O)cc1)C(=O)NCN. The molecule has 0 aromatic heterocycles. The van der Waals surface area contributed by atoms with Gasteiger partial charge in [-0.3, -0.25) is 4.79 Å². The highest BCUT2D eigenvalue weighted by Gasteiger charge is 2.11. The van der Waals surface area contributed by atoms with E-state index in [9.17, 15) is 18.3 Å². The van der Waals surface area contributed by atoms with Crippen molar-refractivity contribution in [2.45, 2.75) is 11.8 Å². The molecule has 0 spiro atoms. The topological polar surface area (TPSA) is 145 Å². The molecule has 9 heteroatoms.